The molecule has 0 aliphatic heterocycles. The molecular weight excluding hydrogens is 174 g/mol. The molecule has 0 bridgehead atoms. The van der Waals surface area contributed by atoms with E-state index in [2.05, 4.69) is 25.3 Å². The zero-order valence-corrected chi connectivity index (χ0v) is 6.82. The van der Waals surface area contributed by atoms with Crippen molar-refractivity contribution in [1.82, 2.24) is 19.9 Å². The van der Waals surface area contributed by atoms with Crippen LogP contribution in [0.1, 0.15) is 0 Å². The second-order valence-corrected chi connectivity index (χ2v) is 2.84. The number of thiazole rings is 1. The lowest BCUT2D eigenvalue weighted by atomic mass is 10.8. The fourth-order valence-electron chi connectivity index (χ4n) is 0.691. The van der Waals surface area contributed by atoms with E-state index in [1.165, 1.54) is 24.0 Å². The van der Waals surface area contributed by atoms with Crippen molar-refractivity contribution in [3.05, 3.63) is 24.4 Å². The number of aromatic nitrogens is 4. The van der Waals surface area contributed by atoms with Gasteiger partial charge in [-0.3, -0.25) is 4.98 Å². The van der Waals surface area contributed by atoms with Gasteiger partial charge in [0.1, 0.15) is 17.7 Å². The van der Waals surface area contributed by atoms with Crippen molar-refractivity contribution < 1.29 is 0 Å². The van der Waals surface area contributed by atoms with Crippen molar-refractivity contribution in [1.29, 1.82) is 0 Å². The van der Waals surface area contributed by atoms with Gasteiger partial charge in [0.05, 0.1) is 11.7 Å². The number of anilines is 2. The molecule has 0 aliphatic rings. The Kier molecular flexibility index (Phi) is 1.91. The quantitative estimate of drug-likeness (QED) is 0.747. The summed E-state index contributed by atoms with van der Waals surface area (Å²) in [5, 5.41) is 3.90. The van der Waals surface area contributed by atoms with Crippen molar-refractivity contribution in [2.45, 2.75) is 0 Å². The molecule has 0 aromatic carbocycles. The smallest absolute Gasteiger partial charge is 0.230 e. The summed E-state index contributed by atoms with van der Waals surface area (Å²) in [4.78, 5) is 15.4. The van der Waals surface area contributed by atoms with E-state index >= 15 is 0 Å². The first-order valence-electron chi connectivity index (χ1n) is 3.22. The summed E-state index contributed by atoms with van der Waals surface area (Å²) in [6.07, 6.45) is 4.60. The molecule has 0 unspecified atom stereocenters. The monoisotopic (exact) mass is 179 g/mol. The predicted octanol–water partition coefficient (Wildman–Crippen LogP) is 1.07. The molecule has 0 saturated heterocycles. The van der Waals surface area contributed by atoms with Crippen LogP contribution in [0.3, 0.4) is 0 Å². The summed E-state index contributed by atoms with van der Waals surface area (Å²) in [6.45, 7) is 0. The van der Waals surface area contributed by atoms with Crippen LogP contribution in [0.4, 0.5) is 10.9 Å². The highest BCUT2D eigenvalue weighted by atomic mass is 32.1. The van der Waals surface area contributed by atoms with Gasteiger partial charge in [-0.2, -0.15) is 0 Å². The molecule has 6 heteroatoms. The molecular formula is C6H5N5S. The van der Waals surface area contributed by atoms with E-state index in [-0.39, 0.29) is 0 Å². The van der Waals surface area contributed by atoms with Gasteiger partial charge in [0.2, 0.25) is 5.95 Å². The summed E-state index contributed by atoms with van der Waals surface area (Å²) >= 11 is 1.50. The fraction of sp³-hybridized carbons (Fsp3) is 0. The zero-order chi connectivity index (χ0) is 8.23. The second kappa shape index (κ2) is 3.22. The molecule has 2 heterocycles. The van der Waals surface area contributed by atoms with Gasteiger partial charge < -0.3 is 5.32 Å². The van der Waals surface area contributed by atoms with E-state index in [4.69, 9.17) is 0 Å². The molecule has 0 radical (unpaired) electrons. The van der Waals surface area contributed by atoms with E-state index < -0.39 is 0 Å². The Morgan fingerprint density at radius 1 is 1.17 bits per heavy atom. The normalized spacial score (nSPS) is 9.67. The summed E-state index contributed by atoms with van der Waals surface area (Å²) in [6, 6.07) is 0. The number of nitrogens with zero attached hydrogens (tertiary/aromatic N) is 4. The van der Waals surface area contributed by atoms with E-state index in [0.29, 0.717) is 5.95 Å². The summed E-state index contributed by atoms with van der Waals surface area (Å²) in [7, 11) is 0. The van der Waals surface area contributed by atoms with E-state index in [1.54, 1.807) is 11.7 Å². The van der Waals surface area contributed by atoms with E-state index in [9.17, 15) is 0 Å². The zero-order valence-electron chi connectivity index (χ0n) is 6.01. The third kappa shape index (κ3) is 1.54. The van der Waals surface area contributed by atoms with Crippen molar-refractivity contribution in [3.63, 3.8) is 0 Å². The molecule has 5 nitrogen and oxygen atoms in total. The van der Waals surface area contributed by atoms with Crippen molar-refractivity contribution in [2.75, 3.05) is 5.32 Å². The predicted molar refractivity (Wildman–Crippen MR) is 45.2 cm³/mol. The number of nitrogens with one attached hydrogen (secondary N) is 1. The Bertz CT molecular complexity index is 332. The Morgan fingerprint density at radius 3 is 2.67 bits per heavy atom. The van der Waals surface area contributed by atoms with Crippen LogP contribution >= 0.6 is 11.3 Å². The van der Waals surface area contributed by atoms with Gasteiger partial charge in [-0.25, -0.2) is 15.0 Å². The highest BCUT2D eigenvalue weighted by Crippen LogP contribution is 2.15. The fourth-order valence-corrected chi connectivity index (χ4v) is 1.20. The van der Waals surface area contributed by atoms with Crippen LogP contribution in [-0.2, 0) is 0 Å². The van der Waals surface area contributed by atoms with Gasteiger partial charge in [-0.15, -0.1) is 11.3 Å². The maximum Gasteiger partial charge on any atom is 0.230 e. The Balaban J connectivity index is 2.15. The molecule has 12 heavy (non-hydrogen) atoms. The lowest BCUT2D eigenvalue weighted by Crippen LogP contribution is -1.94. The molecule has 0 spiro atoms. The average molecular weight is 179 g/mol. The Hall–Kier alpha value is -1.56. The Labute approximate surface area is 72.6 Å². The van der Waals surface area contributed by atoms with Gasteiger partial charge in [-0.1, -0.05) is 0 Å². The van der Waals surface area contributed by atoms with Crippen LogP contribution in [0, 0.1) is 0 Å². The lowest BCUT2D eigenvalue weighted by molar-refractivity contribution is 1.05. The van der Waals surface area contributed by atoms with Crippen molar-refractivity contribution >= 4 is 22.3 Å². The van der Waals surface area contributed by atoms with Crippen molar-refractivity contribution in [2.24, 2.45) is 0 Å². The first kappa shape index (κ1) is 7.11. The molecule has 2 aromatic rings. The molecule has 0 aliphatic carbocycles. The Morgan fingerprint density at radius 2 is 2.00 bits per heavy atom. The molecule has 1 N–H and O–H groups in total. The third-order valence-corrected chi connectivity index (χ3v) is 1.85. The van der Waals surface area contributed by atoms with Crippen LogP contribution in [0.25, 0.3) is 0 Å². The van der Waals surface area contributed by atoms with Gasteiger partial charge >= 0.3 is 0 Å². The second-order valence-electron chi connectivity index (χ2n) is 1.95. The van der Waals surface area contributed by atoms with Gasteiger partial charge in [0.25, 0.3) is 0 Å². The van der Waals surface area contributed by atoms with Crippen molar-refractivity contribution in [3.8, 4) is 0 Å². The van der Waals surface area contributed by atoms with Crippen LogP contribution < -0.4 is 5.32 Å². The minimum Gasteiger partial charge on any atom is -0.314 e. The average Bonchev–Trinajstić information content (AvgIpc) is 2.59. The van der Waals surface area contributed by atoms with E-state index in [0.717, 1.165) is 5.00 Å². The topological polar surface area (TPSA) is 63.6 Å². The summed E-state index contributed by atoms with van der Waals surface area (Å²) < 4.78 is 0. The van der Waals surface area contributed by atoms with Crippen LogP contribution in [0.5, 0.6) is 0 Å². The van der Waals surface area contributed by atoms with Crippen LogP contribution in [0.2, 0.25) is 0 Å². The summed E-state index contributed by atoms with van der Waals surface area (Å²) in [5.41, 5.74) is 1.74. The van der Waals surface area contributed by atoms with Gasteiger partial charge in [0.15, 0.2) is 0 Å². The molecule has 2 aromatic heterocycles. The van der Waals surface area contributed by atoms with Gasteiger partial charge in [-0.05, 0) is 0 Å². The third-order valence-electron chi connectivity index (χ3n) is 1.16. The molecule has 0 saturated carbocycles. The highest BCUT2D eigenvalue weighted by molar-refractivity contribution is 7.13. The largest absolute Gasteiger partial charge is 0.314 e. The standard InChI is InChI=1S/C6H5N5S/c1-5(12-4-7-1)11-6-9-2-8-3-10-6/h1-4H,(H,8,9,10,11). The highest BCUT2D eigenvalue weighted by Gasteiger charge is 1.95. The first-order valence-corrected chi connectivity index (χ1v) is 4.10. The number of hydrogen-bond acceptors (Lipinski definition) is 6. The molecule has 2 rings (SSSR count). The molecule has 0 atom stereocenters. The molecule has 60 valence electrons. The summed E-state index contributed by atoms with van der Waals surface area (Å²) in [5.74, 6) is 0.536. The SMILES string of the molecule is c1ncnc(Nc2cncs2)n1. The number of hydrogen-bond donors (Lipinski definition) is 1. The van der Waals surface area contributed by atoms with E-state index in [1.807, 2.05) is 0 Å². The molecule has 0 amide bonds. The minimum absolute atomic E-state index is 0.536. The lowest BCUT2D eigenvalue weighted by Gasteiger charge is -1.96. The van der Waals surface area contributed by atoms with Gasteiger partial charge in [0, 0.05) is 0 Å². The van der Waals surface area contributed by atoms with Crippen LogP contribution in [-0.4, -0.2) is 19.9 Å². The maximum atomic E-state index is 3.90. The maximum absolute atomic E-state index is 3.90. The minimum atomic E-state index is 0.536. The first-order chi connectivity index (χ1) is 5.95. The molecule has 0 fully saturated rings. The number of rotatable bonds is 2. The van der Waals surface area contributed by atoms with Crippen LogP contribution in [0.15, 0.2) is 24.4 Å².